The Morgan fingerprint density at radius 1 is 1.22 bits per heavy atom. The molecule has 0 saturated carbocycles. The minimum atomic E-state index is -0.650. The molecule has 0 radical (unpaired) electrons. The maximum absolute atomic E-state index is 12.8. The number of nitrogens with one attached hydrogen (secondary N) is 1. The van der Waals surface area contributed by atoms with Crippen LogP contribution in [0.1, 0.15) is 30.6 Å². The number of para-hydroxylation sites is 1. The highest BCUT2D eigenvalue weighted by molar-refractivity contribution is 6.09. The van der Waals surface area contributed by atoms with Crippen LogP contribution < -0.4 is 0 Å². The van der Waals surface area contributed by atoms with Crippen LogP contribution in [0.3, 0.4) is 0 Å². The molecule has 3 aromatic rings. The maximum atomic E-state index is 12.8. The Balaban J connectivity index is 1.85. The molecule has 0 aliphatic carbocycles. The summed E-state index contributed by atoms with van der Waals surface area (Å²) in [6, 6.07) is 12.5. The van der Waals surface area contributed by atoms with Crippen molar-refractivity contribution in [3.63, 3.8) is 0 Å². The second kappa shape index (κ2) is 6.72. The fourth-order valence-electron chi connectivity index (χ4n) is 3.60. The summed E-state index contributed by atoms with van der Waals surface area (Å²) in [7, 11) is 0. The molecule has 0 bridgehead atoms. The number of aliphatic hydroxyl groups is 1. The molecule has 2 aromatic heterocycles. The first-order valence-electron chi connectivity index (χ1n) is 8.85. The van der Waals surface area contributed by atoms with Gasteiger partial charge in [-0.3, -0.25) is 14.6 Å². The number of carbonyl (C=O) groups excluding carboxylic acids is 2. The van der Waals surface area contributed by atoms with E-state index >= 15 is 0 Å². The smallest absolute Gasteiger partial charge is 0.290 e. The third kappa shape index (κ3) is 2.79. The summed E-state index contributed by atoms with van der Waals surface area (Å²) in [4.78, 5) is 34.4. The number of benzene rings is 1. The number of aliphatic hydroxyl groups excluding tert-OH is 1. The van der Waals surface area contributed by atoms with Crippen molar-refractivity contribution >= 4 is 22.6 Å². The van der Waals surface area contributed by atoms with Crippen LogP contribution in [0.15, 0.2) is 66.2 Å². The first kappa shape index (κ1) is 17.0. The number of H-pyrrole nitrogens is 1. The molecule has 1 aliphatic rings. The van der Waals surface area contributed by atoms with Crippen LogP contribution in [0.5, 0.6) is 0 Å². The number of pyridine rings is 1. The van der Waals surface area contributed by atoms with Crippen LogP contribution in [0.4, 0.5) is 0 Å². The van der Waals surface area contributed by atoms with E-state index in [4.69, 9.17) is 0 Å². The third-order valence-electron chi connectivity index (χ3n) is 4.90. The Hall–Kier alpha value is -3.41. The summed E-state index contributed by atoms with van der Waals surface area (Å²) in [6.45, 7) is 1.93. The third-order valence-corrected chi connectivity index (χ3v) is 4.90. The zero-order valence-corrected chi connectivity index (χ0v) is 14.8. The summed E-state index contributed by atoms with van der Waals surface area (Å²) in [5, 5.41) is 11.4. The molecule has 0 saturated heterocycles. The molecular formula is C21H19N3O3. The second-order valence-electron chi connectivity index (χ2n) is 6.49. The van der Waals surface area contributed by atoms with Gasteiger partial charge in [-0.15, -0.1) is 0 Å². The fourth-order valence-corrected chi connectivity index (χ4v) is 3.60. The van der Waals surface area contributed by atoms with Crippen LogP contribution in [0.25, 0.3) is 10.9 Å². The van der Waals surface area contributed by atoms with Gasteiger partial charge in [-0.25, -0.2) is 0 Å². The van der Waals surface area contributed by atoms with Gasteiger partial charge >= 0.3 is 0 Å². The Kier molecular flexibility index (Phi) is 4.24. The van der Waals surface area contributed by atoms with E-state index in [2.05, 4.69) is 9.97 Å². The van der Waals surface area contributed by atoms with Crippen LogP contribution in [0, 0.1) is 0 Å². The largest absolute Gasteiger partial charge is 0.503 e. The first-order chi connectivity index (χ1) is 13.1. The molecule has 6 nitrogen and oxygen atoms in total. The number of carbonyl (C=O) groups is 2. The Morgan fingerprint density at radius 2 is 2.00 bits per heavy atom. The number of ketones is 1. The van der Waals surface area contributed by atoms with E-state index in [-0.39, 0.29) is 24.3 Å². The quantitative estimate of drug-likeness (QED) is 0.729. The van der Waals surface area contributed by atoms with E-state index in [1.165, 1.54) is 4.90 Å². The summed E-state index contributed by atoms with van der Waals surface area (Å²) in [5.41, 5.74) is 2.54. The molecule has 0 fully saturated rings. The summed E-state index contributed by atoms with van der Waals surface area (Å²) in [6.07, 6.45) is 3.67. The number of fused-ring (bicyclic) bond motifs is 1. The van der Waals surface area contributed by atoms with Crippen molar-refractivity contribution in [3.05, 3.63) is 77.4 Å². The number of aromatic amines is 1. The van der Waals surface area contributed by atoms with Gasteiger partial charge in [0.15, 0.2) is 11.5 Å². The minimum Gasteiger partial charge on any atom is -0.503 e. The van der Waals surface area contributed by atoms with E-state index in [0.29, 0.717) is 5.69 Å². The van der Waals surface area contributed by atoms with E-state index in [0.717, 1.165) is 16.5 Å². The number of aromatic nitrogens is 2. The van der Waals surface area contributed by atoms with E-state index in [9.17, 15) is 14.7 Å². The molecule has 1 unspecified atom stereocenters. The number of nitrogens with zero attached hydrogens (tertiary/aromatic N) is 2. The average Bonchev–Trinajstić information content (AvgIpc) is 3.22. The summed E-state index contributed by atoms with van der Waals surface area (Å²) >= 11 is 0. The van der Waals surface area contributed by atoms with E-state index < -0.39 is 17.7 Å². The van der Waals surface area contributed by atoms with Gasteiger partial charge in [-0.05, 0) is 18.2 Å². The number of rotatable bonds is 5. The van der Waals surface area contributed by atoms with Gasteiger partial charge in [0.2, 0.25) is 0 Å². The standard InChI is InChI=1S/C21H19N3O3/c1-2-17(25)18-19(15-11-23-16-9-4-3-8-14(15)16)24(21(27)20(18)26)12-13-7-5-6-10-22-13/h3-11,19,23,26H,2,12H2,1H3. The molecular weight excluding hydrogens is 342 g/mol. The van der Waals surface area contributed by atoms with Crippen LogP contribution >= 0.6 is 0 Å². The van der Waals surface area contributed by atoms with Gasteiger partial charge in [0.05, 0.1) is 23.9 Å². The topological polar surface area (TPSA) is 86.3 Å². The zero-order valence-electron chi connectivity index (χ0n) is 14.8. The molecule has 1 atom stereocenters. The lowest BCUT2D eigenvalue weighted by atomic mass is 9.94. The van der Waals surface area contributed by atoms with Gasteiger partial charge < -0.3 is 15.0 Å². The van der Waals surface area contributed by atoms with Crippen molar-refractivity contribution in [2.24, 2.45) is 0 Å². The van der Waals surface area contributed by atoms with Crippen molar-refractivity contribution in [2.75, 3.05) is 0 Å². The van der Waals surface area contributed by atoms with Crippen molar-refractivity contribution in [3.8, 4) is 0 Å². The molecule has 2 N–H and O–H groups in total. The predicted molar refractivity (Wildman–Crippen MR) is 101 cm³/mol. The molecule has 1 amide bonds. The Bertz CT molecular complexity index is 1050. The molecule has 27 heavy (non-hydrogen) atoms. The summed E-state index contributed by atoms with van der Waals surface area (Å²) in [5.74, 6) is -1.25. The van der Waals surface area contributed by atoms with E-state index in [1.54, 1.807) is 25.4 Å². The van der Waals surface area contributed by atoms with E-state index in [1.807, 2.05) is 36.4 Å². The predicted octanol–water partition coefficient (Wildman–Crippen LogP) is 3.44. The lowest BCUT2D eigenvalue weighted by Crippen LogP contribution is -2.30. The number of amides is 1. The highest BCUT2D eigenvalue weighted by atomic mass is 16.3. The van der Waals surface area contributed by atoms with Crippen molar-refractivity contribution < 1.29 is 14.7 Å². The lowest BCUT2D eigenvalue weighted by molar-refractivity contribution is -0.130. The highest BCUT2D eigenvalue weighted by Crippen LogP contribution is 2.41. The normalized spacial score (nSPS) is 17.1. The fraction of sp³-hybridized carbons (Fsp3) is 0.190. The number of hydrogen-bond donors (Lipinski definition) is 2. The van der Waals surface area contributed by atoms with Gasteiger partial charge in [0, 0.05) is 35.3 Å². The Morgan fingerprint density at radius 3 is 2.74 bits per heavy atom. The molecule has 3 heterocycles. The van der Waals surface area contributed by atoms with Crippen molar-refractivity contribution in [1.82, 2.24) is 14.9 Å². The molecule has 1 aliphatic heterocycles. The van der Waals surface area contributed by atoms with Crippen LogP contribution in [-0.4, -0.2) is 31.7 Å². The van der Waals surface area contributed by atoms with Crippen molar-refractivity contribution in [1.29, 1.82) is 0 Å². The highest BCUT2D eigenvalue weighted by Gasteiger charge is 2.43. The number of Topliss-reactive ketones (excluding diaryl/α,β-unsaturated/α-hetero) is 1. The van der Waals surface area contributed by atoms with Crippen LogP contribution in [-0.2, 0) is 16.1 Å². The molecule has 6 heteroatoms. The molecule has 4 rings (SSSR count). The second-order valence-corrected chi connectivity index (χ2v) is 6.49. The minimum absolute atomic E-state index is 0.156. The first-order valence-corrected chi connectivity index (χ1v) is 8.85. The molecule has 0 spiro atoms. The maximum Gasteiger partial charge on any atom is 0.290 e. The monoisotopic (exact) mass is 361 g/mol. The van der Waals surface area contributed by atoms with Crippen molar-refractivity contribution in [2.45, 2.75) is 25.9 Å². The van der Waals surface area contributed by atoms with Gasteiger partial charge in [0.25, 0.3) is 5.91 Å². The SMILES string of the molecule is CCC(=O)C1=C(O)C(=O)N(Cc2ccccn2)C1c1c[nH]c2ccccc12. The van der Waals surface area contributed by atoms with Gasteiger partial charge in [-0.2, -0.15) is 0 Å². The number of hydrogen-bond acceptors (Lipinski definition) is 4. The summed E-state index contributed by atoms with van der Waals surface area (Å²) < 4.78 is 0. The Labute approximate surface area is 156 Å². The average molecular weight is 361 g/mol. The zero-order chi connectivity index (χ0) is 19.0. The van der Waals surface area contributed by atoms with Gasteiger partial charge in [-0.1, -0.05) is 31.2 Å². The van der Waals surface area contributed by atoms with Crippen LogP contribution in [0.2, 0.25) is 0 Å². The van der Waals surface area contributed by atoms with Gasteiger partial charge in [0.1, 0.15) is 0 Å². The lowest BCUT2D eigenvalue weighted by Gasteiger charge is -2.26. The molecule has 136 valence electrons. The molecule has 1 aromatic carbocycles.